The number of nitrogens with zero attached hydrogens (tertiary/aromatic N) is 2. The second kappa shape index (κ2) is 5.52. The molecule has 1 aromatic heterocycles. The van der Waals surface area contributed by atoms with Gasteiger partial charge in [0.15, 0.2) is 6.29 Å². The van der Waals surface area contributed by atoms with Crippen LogP contribution in [0.4, 0.5) is 5.82 Å². The van der Waals surface area contributed by atoms with Gasteiger partial charge in [-0.25, -0.2) is 9.97 Å². The fraction of sp³-hybridized carbons (Fsp3) is 0.400. The summed E-state index contributed by atoms with van der Waals surface area (Å²) in [5.74, 6) is -1.51. The van der Waals surface area contributed by atoms with Gasteiger partial charge in [0.25, 0.3) is 0 Å². The minimum absolute atomic E-state index is 0.236. The molecular weight excluding hydrogens is 242 g/mol. The summed E-state index contributed by atoms with van der Waals surface area (Å²) in [5.41, 5.74) is 0.409. The Morgan fingerprint density at radius 3 is 2.56 bits per heavy atom. The van der Waals surface area contributed by atoms with Crippen molar-refractivity contribution in [1.82, 2.24) is 9.97 Å². The number of rotatable bonds is 6. The van der Waals surface area contributed by atoms with Crippen LogP contribution in [0.25, 0.3) is 6.08 Å². The predicted octanol–water partition coefficient (Wildman–Crippen LogP) is 0.909. The smallest absolute Gasteiger partial charge is 0.340 e. The summed E-state index contributed by atoms with van der Waals surface area (Å²) in [6, 6.07) is 0. The van der Waals surface area contributed by atoms with Crippen LogP contribution in [0.3, 0.4) is 0 Å². The zero-order valence-corrected chi connectivity index (χ0v) is 10.2. The SMILES string of the molecule is COC(C=O)(OC)C(C)=Cc1ncc([N+](=O)[O-])[nH]1. The molecule has 1 aromatic rings. The van der Waals surface area contributed by atoms with Crippen LogP contribution in [-0.2, 0) is 14.3 Å². The molecule has 0 amide bonds. The first-order valence-electron chi connectivity index (χ1n) is 4.94. The summed E-state index contributed by atoms with van der Waals surface area (Å²) in [6.45, 7) is 1.59. The summed E-state index contributed by atoms with van der Waals surface area (Å²) in [6.07, 6.45) is 3.02. The van der Waals surface area contributed by atoms with Gasteiger partial charge in [-0.3, -0.25) is 4.79 Å². The standard InChI is InChI=1S/C10H13N3O5/c1-7(10(6-14,17-2)18-3)4-8-11-5-9(12-8)13(15)16/h4-6H,1-3H3,(H,11,12). The molecule has 0 atom stereocenters. The van der Waals surface area contributed by atoms with Crippen LogP contribution in [0.1, 0.15) is 12.7 Å². The lowest BCUT2D eigenvalue weighted by molar-refractivity contribution is -0.389. The first kappa shape index (κ1) is 14.0. The highest BCUT2D eigenvalue weighted by molar-refractivity contribution is 5.69. The molecule has 1 N–H and O–H groups in total. The average Bonchev–Trinajstić information content (AvgIpc) is 2.81. The van der Waals surface area contributed by atoms with Crippen LogP contribution in [0, 0.1) is 10.1 Å². The van der Waals surface area contributed by atoms with Crippen molar-refractivity contribution in [3.8, 4) is 0 Å². The largest absolute Gasteiger partial charge is 0.358 e. The van der Waals surface area contributed by atoms with Crippen molar-refractivity contribution >= 4 is 18.2 Å². The lowest BCUT2D eigenvalue weighted by atomic mass is 10.1. The highest BCUT2D eigenvalue weighted by Crippen LogP contribution is 2.21. The van der Waals surface area contributed by atoms with Crippen molar-refractivity contribution in [3.63, 3.8) is 0 Å². The van der Waals surface area contributed by atoms with E-state index in [1.54, 1.807) is 6.92 Å². The minimum atomic E-state index is -1.51. The van der Waals surface area contributed by atoms with E-state index in [9.17, 15) is 14.9 Å². The zero-order valence-electron chi connectivity index (χ0n) is 10.2. The first-order chi connectivity index (χ1) is 8.49. The number of ether oxygens (including phenoxy) is 2. The number of hydrogen-bond acceptors (Lipinski definition) is 6. The minimum Gasteiger partial charge on any atom is -0.358 e. The third kappa shape index (κ3) is 2.60. The lowest BCUT2D eigenvalue weighted by Gasteiger charge is -2.24. The molecule has 1 heterocycles. The molecule has 0 fully saturated rings. The first-order valence-corrected chi connectivity index (χ1v) is 4.94. The molecule has 0 bridgehead atoms. The summed E-state index contributed by atoms with van der Waals surface area (Å²) >= 11 is 0. The van der Waals surface area contributed by atoms with Gasteiger partial charge in [0, 0.05) is 20.3 Å². The van der Waals surface area contributed by atoms with Gasteiger partial charge < -0.3 is 19.6 Å². The number of hydrogen-bond donors (Lipinski definition) is 1. The van der Waals surface area contributed by atoms with Crippen molar-refractivity contribution in [2.24, 2.45) is 0 Å². The fourth-order valence-electron chi connectivity index (χ4n) is 1.39. The monoisotopic (exact) mass is 255 g/mol. The molecule has 8 heteroatoms. The van der Waals surface area contributed by atoms with E-state index in [2.05, 4.69) is 9.97 Å². The number of carbonyl (C=O) groups is 1. The molecule has 0 aliphatic heterocycles. The second-order valence-corrected chi connectivity index (χ2v) is 3.43. The van der Waals surface area contributed by atoms with E-state index in [1.807, 2.05) is 0 Å². The highest BCUT2D eigenvalue weighted by Gasteiger charge is 2.32. The van der Waals surface area contributed by atoms with E-state index in [4.69, 9.17) is 9.47 Å². The van der Waals surface area contributed by atoms with E-state index < -0.39 is 10.7 Å². The summed E-state index contributed by atoms with van der Waals surface area (Å²) in [5, 5.41) is 10.5. The lowest BCUT2D eigenvalue weighted by Crippen LogP contribution is -2.36. The summed E-state index contributed by atoms with van der Waals surface area (Å²) in [4.78, 5) is 27.1. The molecule has 0 unspecified atom stereocenters. The Morgan fingerprint density at radius 2 is 2.17 bits per heavy atom. The highest BCUT2D eigenvalue weighted by atomic mass is 16.7. The molecule has 0 radical (unpaired) electrons. The van der Waals surface area contributed by atoms with Crippen LogP contribution < -0.4 is 0 Å². The Bertz CT molecular complexity index is 476. The molecule has 1 rings (SSSR count). The van der Waals surface area contributed by atoms with Crippen LogP contribution in [0.2, 0.25) is 0 Å². The van der Waals surface area contributed by atoms with Gasteiger partial charge in [0.05, 0.1) is 0 Å². The topological polar surface area (TPSA) is 107 Å². The molecule has 8 nitrogen and oxygen atoms in total. The third-order valence-corrected chi connectivity index (χ3v) is 2.44. The Morgan fingerprint density at radius 1 is 1.56 bits per heavy atom. The van der Waals surface area contributed by atoms with Crippen LogP contribution >= 0.6 is 0 Å². The molecule has 0 aliphatic rings. The Labute approximate surface area is 103 Å². The normalized spacial score (nSPS) is 12.5. The van der Waals surface area contributed by atoms with Crippen LogP contribution in [0.5, 0.6) is 0 Å². The van der Waals surface area contributed by atoms with E-state index in [0.29, 0.717) is 11.9 Å². The van der Waals surface area contributed by atoms with Crippen molar-refractivity contribution in [2.45, 2.75) is 12.7 Å². The molecule has 0 aliphatic carbocycles. The number of H-pyrrole nitrogens is 1. The maximum absolute atomic E-state index is 11.0. The molecule has 98 valence electrons. The van der Waals surface area contributed by atoms with Gasteiger partial charge >= 0.3 is 5.82 Å². The number of imidazole rings is 1. The Kier molecular flexibility index (Phi) is 4.29. The number of carbonyl (C=O) groups excluding carboxylic acids is 1. The number of methoxy groups -OCH3 is 2. The molecular formula is C10H13N3O5. The van der Waals surface area contributed by atoms with Crippen molar-refractivity contribution in [2.75, 3.05) is 14.2 Å². The number of aromatic amines is 1. The average molecular weight is 255 g/mol. The molecule has 0 spiro atoms. The van der Waals surface area contributed by atoms with Gasteiger partial charge in [-0.05, 0) is 17.4 Å². The van der Waals surface area contributed by atoms with Gasteiger partial charge in [0.2, 0.25) is 11.6 Å². The van der Waals surface area contributed by atoms with E-state index in [-0.39, 0.29) is 11.6 Å². The number of aromatic nitrogens is 2. The summed E-state index contributed by atoms with van der Waals surface area (Å²) < 4.78 is 9.98. The quantitative estimate of drug-likeness (QED) is 0.350. The Balaban J connectivity index is 3.07. The van der Waals surface area contributed by atoms with E-state index in [0.717, 1.165) is 6.20 Å². The number of nitrogens with one attached hydrogen (secondary N) is 1. The van der Waals surface area contributed by atoms with Gasteiger partial charge in [0.1, 0.15) is 6.20 Å². The maximum atomic E-state index is 11.0. The van der Waals surface area contributed by atoms with E-state index >= 15 is 0 Å². The van der Waals surface area contributed by atoms with Crippen molar-refractivity contribution in [3.05, 3.63) is 27.7 Å². The van der Waals surface area contributed by atoms with Gasteiger partial charge in [-0.15, -0.1) is 0 Å². The molecule has 18 heavy (non-hydrogen) atoms. The van der Waals surface area contributed by atoms with Gasteiger partial charge in [-0.1, -0.05) is 0 Å². The fourth-order valence-corrected chi connectivity index (χ4v) is 1.39. The van der Waals surface area contributed by atoms with Crippen LogP contribution in [0.15, 0.2) is 11.8 Å². The summed E-state index contributed by atoms with van der Waals surface area (Å²) in [7, 11) is 2.64. The van der Waals surface area contributed by atoms with Crippen LogP contribution in [-0.4, -0.2) is 41.2 Å². The maximum Gasteiger partial charge on any atom is 0.340 e. The predicted molar refractivity (Wildman–Crippen MR) is 61.7 cm³/mol. The third-order valence-electron chi connectivity index (χ3n) is 2.44. The molecule has 0 saturated carbocycles. The number of aldehydes is 1. The van der Waals surface area contributed by atoms with Gasteiger partial charge in [-0.2, -0.15) is 0 Å². The van der Waals surface area contributed by atoms with Crippen molar-refractivity contribution in [1.29, 1.82) is 0 Å². The Hall–Kier alpha value is -2.06. The van der Waals surface area contributed by atoms with Crippen molar-refractivity contribution < 1.29 is 19.2 Å². The molecule has 0 saturated heterocycles. The zero-order chi connectivity index (χ0) is 13.8. The second-order valence-electron chi connectivity index (χ2n) is 3.43. The van der Waals surface area contributed by atoms with E-state index in [1.165, 1.54) is 20.3 Å². The molecule has 0 aromatic carbocycles. The number of nitro groups is 1.